The Hall–Kier alpha value is -3.00. The molecule has 0 N–H and O–H groups in total. The molecule has 4 rings (SSSR count). The number of carbonyl (C=O) groups is 1. The predicted octanol–water partition coefficient (Wildman–Crippen LogP) is 5.12. The van der Waals surface area contributed by atoms with E-state index in [1.165, 1.54) is 12.3 Å². The summed E-state index contributed by atoms with van der Waals surface area (Å²) in [6.45, 7) is 2.58. The second kappa shape index (κ2) is 8.79. The van der Waals surface area contributed by atoms with Crippen molar-refractivity contribution in [1.29, 1.82) is 0 Å². The van der Waals surface area contributed by atoms with Crippen LogP contribution in [0.2, 0.25) is 0 Å². The molecule has 2 aromatic carbocycles. The Balaban J connectivity index is 1.42. The molecule has 0 unspecified atom stereocenters. The molecule has 5 nitrogen and oxygen atoms in total. The Bertz CT molecular complexity index is 1110. The van der Waals surface area contributed by atoms with E-state index in [0.717, 1.165) is 29.1 Å². The van der Waals surface area contributed by atoms with Crippen LogP contribution in [-0.4, -0.2) is 33.3 Å². The van der Waals surface area contributed by atoms with Crippen LogP contribution in [0.3, 0.4) is 0 Å². The summed E-state index contributed by atoms with van der Waals surface area (Å²) in [7, 11) is 0. The van der Waals surface area contributed by atoms with Gasteiger partial charge in [0.15, 0.2) is 16.8 Å². The number of amides is 1. The number of aryl methyl sites for hydroxylation is 2. The van der Waals surface area contributed by atoms with E-state index in [1.807, 2.05) is 31.2 Å². The van der Waals surface area contributed by atoms with Crippen LogP contribution in [0.15, 0.2) is 58.1 Å². The molecule has 1 aliphatic rings. The molecule has 1 amide bonds. The average Bonchev–Trinajstić information content (AvgIpc) is 3.37. The zero-order valence-corrected chi connectivity index (χ0v) is 17.1. The van der Waals surface area contributed by atoms with Crippen LogP contribution >= 0.6 is 11.8 Å². The summed E-state index contributed by atoms with van der Waals surface area (Å²) in [5.41, 5.74) is 2.02. The Morgan fingerprint density at radius 3 is 2.90 bits per heavy atom. The van der Waals surface area contributed by atoms with Gasteiger partial charge in [0.1, 0.15) is 11.6 Å². The lowest BCUT2D eigenvalue weighted by Gasteiger charge is -2.15. The maximum Gasteiger partial charge on any atom is 0.229 e. The molecule has 2 heterocycles. The second-order valence-corrected chi connectivity index (χ2v) is 7.88. The number of aliphatic imine (C=N–C) groups is 1. The number of aromatic nitrogens is 1. The minimum atomic E-state index is -0.722. The van der Waals surface area contributed by atoms with Crippen LogP contribution in [0.4, 0.5) is 14.5 Å². The highest BCUT2D eigenvalue weighted by atomic mass is 32.2. The Morgan fingerprint density at radius 2 is 2.10 bits per heavy atom. The minimum absolute atomic E-state index is 0.0694. The van der Waals surface area contributed by atoms with E-state index in [2.05, 4.69) is 9.98 Å². The minimum Gasteiger partial charge on any atom is -0.441 e. The summed E-state index contributed by atoms with van der Waals surface area (Å²) in [5.74, 6) is -0.128. The van der Waals surface area contributed by atoms with Crippen LogP contribution < -0.4 is 0 Å². The van der Waals surface area contributed by atoms with Gasteiger partial charge in [0.25, 0.3) is 0 Å². The average molecular weight is 427 g/mol. The Labute approximate surface area is 176 Å². The summed E-state index contributed by atoms with van der Waals surface area (Å²) in [4.78, 5) is 23.2. The lowest BCUT2D eigenvalue weighted by Crippen LogP contribution is -2.31. The van der Waals surface area contributed by atoms with Crippen LogP contribution in [0.5, 0.6) is 0 Å². The summed E-state index contributed by atoms with van der Waals surface area (Å²) in [6.07, 6.45) is 1.85. The van der Waals surface area contributed by atoms with Gasteiger partial charge in [-0.2, -0.15) is 0 Å². The molecule has 1 aromatic heterocycles. The van der Waals surface area contributed by atoms with Gasteiger partial charge in [0.05, 0.1) is 17.4 Å². The molecule has 1 aliphatic heterocycles. The fourth-order valence-corrected chi connectivity index (χ4v) is 4.07. The molecule has 1 fully saturated rings. The first-order chi connectivity index (χ1) is 14.5. The number of hydrogen-bond donors (Lipinski definition) is 0. The van der Waals surface area contributed by atoms with Crippen molar-refractivity contribution in [1.82, 2.24) is 9.88 Å². The van der Waals surface area contributed by atoms with E-state index in [4.69, 9.17) is 4.42 Å². The smallest absolute Gasteiger partial charge is 0.229 e. The van der Waals surface area contributed by atoms with E-state index in [1.54, 1.807) is 16.7 Å². The maximum absolute atomic E-state index is 13.9. The molecule has 0 aliphatic carbocycles. The van der Waals surface area contributed by atoms with Gasteiger partial charge in [-0.15, -0.1) is 0 Å². The molecule has 0 saturated carbocycles. The van der Waals surface area contributed by atoms with Gasteiger partial charge < -0.3 is 4.42 Å². The quantitative estimate of drug-likeness (QED) is 0.567. The third-order valence-electron chi connectivity index (χ3n) is 4.71. The summed E-state index contributed by atoms with van der Waals surface area (Å²) >= 11 is 1.55. The molecule has 30 heavy (non-hydrogen) atoms. The van der Waals surface area contributed by atoms with Crippen molar-refractivity contribution in [3.63, 3.8) is 0 Å². The molecule has 0 radical (unpaired) electrons. The largest absolute Gasteiger partial charge is 0.441 e. The third kappa shape index (κ3) is 4.43. The summed E-state index contributed by atoms with van der Waals surface area (Å²) < 4.78 is 32.5. The van der Waals surface area contributed by atoms with E-state index in [-0.39, 0.29) is 30.1 Å². The lowest BCUT2D eigenvalue weighted by molar-refractivity contribution is -0.126. The number of amidine groups is 1. The SMILES string of the molecule is Cc1ccccc1N=C1SCCN1C(=O)CCc1ncc(-c2ccc(F)cc2F)o1. The van der Waals surface area contributed by atoms with Gasteiger partial charge in [-0.05, 0) is 30.7 Å². The molecule has 154 valence electrons. The first-order valence-electron chi connectivity index (χ1n) is 9.49. The zero-order valence-electron chi connectivity index (χ0n) is 16.3. The van der Waals surface area contributed by atoms with E-state index >= 15 is 0 Å². The number of thioether (sulfide) groups is 1. The summed E-state index contributed by atoms with van der Waals surface area (Å²) in [6, 6.07) is 11.0. The van der Waals surface area contributed by atoms with Gasteiger partial charge in [0, 0.05) is 31.2 Å². The topological polar surface area (TPSA) is 58.7 Å². The number of halogens is 2. The number of nitrogens with zero attached hydrogens (tertiary/aromatic N) is 3. The van der Waals surface area contributed by atoms with Crippen LogP contribution in [0.1, 0.15) is 17.9 Å². The first kappa shape index (κ1) is 20.3. The second-order valence-electron chi connectivity index (χ2n) is 6.82. The number of carbonyl (C=O) groups excluding carboxylic acids is 1. The molecule has 1 saturated heterocycles. The third-order valence-corrected chi connectivity index (χ3v) is 5.67. The normalized spacial score (nSPS) is 15.2. The van der Waals surface area contributed by atoms with Crippen LogP contribution in [0, 0.1) is 18.6 Å². The fraction of sp³-hybridized carbons (Fsp3) is 0.227. The molecule has 0 spiro atoms. The molecular formula is C22H19F2N3O2S. The van der Waals surface area contributed by atoms with Gasteiger partial charge >= 0.3 is 0 Å². The number of hydrogen-bond acceptors (Lipinski definition) is 5. The predicted molar refractivity (Wildman–Crippen MR) is 113 cm³/mol. The van der Waals surface area contributed by atoms with Gasteiger partial charge in [0.2, 0.25) is 5.91 Å². The fourth-order valence-electron chi connectivity index (χ4n) is 3.11. The molecule has 3 aromatic rings. The van der Waals surface area contributed by atoms with Crippen LogP contribution in [0.25, 0.3) is 11.3 Å². The van der Waals surface area contributed by atoms with Crippen LogP contribution in [-0.2, 0) is 11.2 Å². The zero-order chi connectivity index (χ0) is 21.1. The van der Waals surface area contributed by atoms with Crippen molar-refractivity contribution in [2.45, 2.75) is 19.8 Å². The van der Waals surface area contributed by atoms with Crippen molar-refractivity contribution in [2.75, 3.05) is 12.3 Å². The van der Waals surface area contributed by atoms with Gasteiger partial charge in [-0.25, -0.2) is 18.8 Å². The number of rotatable bonds is 5. The number of oxazole rings is 1. The molecule has 8 heteroatoms. The standard InChI is InChI=1S/C22H19F2N3O2S/c1-14-4-2-3-5-18(14)26-22-27(10-11-30-22)21(28)9-8-20-25-13-19(29-20)16-7-6-15(23)12-17(16)24/h2-7,12-13H,8-11H2,1H3. The monoisotopic (exact) mass is 427 g/mol. The number of benzene rings is 2. The highest BCUT2D eigenvalue weighted by molar-refractivity contribution is 8.14. The van der Waals surface area contributed by atoms with Crippen molar-refractivity contribution in [3.05, 3.63) is 71.8 Å². The summed E-state index contributed by atoms with van der Waals surface area (Å²) in [5, 5.41) is 0.691. The Kier molecular flexibility index (Phi) is 5.94. The van der Waals surface area contributed by atoms with E-state index in [9.17, 15) is 13.6 Å². The lowest BCUT2D eigenvalue weighted by atomic mass is 10.2. The van der Waals surface area contributed by atoms with Crippen molar-refractivity contribution in [2.24, 2.45) is 4.99 Å². The van der Waals surface area contributed by atoms with E-state index in [0.29, 0.717) is 17.6 Å². The van der Waals surface area contributed by atoms with Crippen molar-refractivity contribution < 1.29 is 18.0 Å². The van der Waals surface area contributed by atoms with Gasteiger partial charge in [-0.1, -0.05) is 30.0 Å². The first-order valence-corrected chi connectivity index (χ1v) is 10.5. The van der Waals surface area contributed by atoms with E-state index < -0.39 is 11.6 Å². The Morgan fingerprint density at radius 1 is 1.27 bits per heavy atom. The van der Waals surface area contributed by atoms with Crippen molar-refractivity contribution in [3.8, 4) is 11.3 Å². The van der Waals surface area contributed by atoms with Crippen molar-refractivity contribution >= 4 is 28.5 Å². The number of para-hydroxylation sites is 1. The highest BCUT2D eigenvalue weighted by Gasteiger charge is 2.26. The van der Waals surface area contributed by atoms with Gasteiger partial charge in [-0.3, -0.25) is 9.69 Å². The maximum atomic E-state index is 13.9. The molecular weight excluding hydrogens is 408 g/mol. The molecule has 0 atom stereocenters. The molecule has 0 bridgehead atoms. The highest BCUT2D eigenvalue weighted by Crippen LogP contribution is 2.27.